The SMILES string of the molecule is CC1=NOC(COC(=O)c2cnn(-c3ccccc3Cl)c2)C1. The fourth-order valence-corrected chi connectivity index (χ4v) is 2.33. The summed E-state index contributed by atoms with van der Waals surface area (Å²) < 4.78 is 6.76. The summed E-state index contributed by atoms with van der Waals surface area (Å²) in [6.07, 6.45) is 3.50. The van der Waals surface area contributed by atoms with Crippen LogP contribution in [0.4, 0.5) is 0 Å². The van der Waals surface area contributed by atoms with Gasteiger partial charge in [-0.25, -0.2) is 9.48 Å². The first-order valence-corrected chi connectivity index (χ1v) is 7.17. The number of hydrogen-bond donors (Lipinski definition) is 0. The highest BCUT2D eigenvalue weighted by Gasteiger charge is 2.21. The van der Waals surface area contributed by atoms with Crippen LogP contribution < -0.4 is 0 Å². The molecule has 6 nitrogen and oxygen atoms in total. The molecule has 0 amide bonds. The van der Waals surface area contributed by atoms with Gasteiger partial charge in [-0.1, -0.05) is 28.9 Å². The molecular weight excluding hydrogens is 306 g/mol. The van der Waals surface area contributed by atoms with Crippen LogP contribution >= 0.6 is 11.6 Å². The van der Waals surface area contributed by atoms with E-state index in [1.54, 1.807) is 12.3 Å². The van der Waals surface area contributed by atoms with Crippen LogP contribution in [0, 0.1) is 0 Å². The summed E-state index contributed by atoms with van der Waals surface area (Å²) >= 11 is 6.10. The molecule has 1 unspecified atom stereocenters. The number of hydrogen-bond acceptors (Lipinski definition) is 5. The minimum absolute atomic E-state index is 0.164. The van der Waals surface area contributed by atoms with Crippen molar-refractivity contribution in [3.8, 4) is 5.69 Å². The van der Waals surface area contributed by atoms with E-state index in [-0.39, 0.29) is 12.7 Å². The second-order valence-corrected chi connectivity index (χ2v) is 5.39. The number of oxime groups is 1. The molecule has 0 saturated heterocycles. The van der Waals surface area contributed by atoms with E-state index >= 15 is 0 Å². The van der Waals surface area contributed by atoms with Crippen LogP contribution in [0.3, 0.4) is 0 Å². The number of rotatable bonds is 4. The largest absolute Gasteiger partial charge is 0.458 e. The first-order valence-electron chi connectivity index (χ1n) is 6.79. The Morgan fingerprint density at radius 1 is 1.50 bits per heavy atom. The quantitative estimate of drug-likeness (QED) is 0.813. The third-order valence-electron chi connectivity index (χ3n) is 3.20. The molecule has 0 fully saturated rings. The number of halogens is 1. The van der Waals surface area contributed by atoms with Crippen molar-refractivity contribution in [2.45, 2.75) is 19.4 Å². The minimum atomic E-state index is -0.452. The van der Waals surface area contributed by atoms with Gasteiger partial charge in [-0.15, -0.1) is 0 Å². The van der Waals surface area contributed by atoms with Gasteiger partial charge in [-0.2, -0.15) is 5.10 Å². The number of nitrogens with zero attached hydrogens (tertiary/aromatic N) is 3. The molecule has 2 aromatic rings. The lowest BCUT2D eigenvalue weighted by Crippen LogP contribution is -2.18. The van der Waals surface area contributed by atoms with Crippen LogP contribution in [0.5, 0.6) is 0 Å². The average molecular weight is 320 g/mol. The van der Waals surface area contributed by atoms with Gasteiger partial charge in [-0.05, 0) is 19.1 Å². The zero-order chi connectivity index (χ0) is 15.5. The second kappa shape index (κ2) is 6.19. The molecule has 0 aliphatic carbocycles. The Balaban J connectivity index is 1.64. The van der Waals surface area contributed by atoms with Crippen molar-refractivity contribution >= 4 is 23.3 Å². The summed E-state index contributed by atoms with van der Waals surface area (Å²) in [5.74, 6) is -0.452. The van der Waals surface area contributed by atoms with Gasteiger partial charge >= 0.3 is 5.97 Å². The molecule has 1 aliphatic heterocycles. The van der Waals surface area contributed by atoms with Crippen molar-refractivity contribution in [3.63, 3.8) is 0 Å². The number of para-hydroxylation sites is 1. The molecule has 1 aromatic carbocycles. The molecular formula is C15H14ClN3O3. The highest BCUT2D eigenvalue weighted by atomic mass is 35.5. The number of carbonyl (C=O) groups excluding carboxylic acids is 1. The number of benzene rings is 1. The number of carbonyl (C=O) groups is 1. The van der Waals surface area contributed by atoms with Gasteiger partial charge in [-0.3, -0.25) is 0 Å². The van der Waals surface area contributed by atoms with Crippen LogP contribution in [-0.4, -0.2) is 34.2 Å². The van der Waals surface area contributed by atoms with Gasteiger partial charge in [0.15, 0.2) is 6.10 Å². The van der Waals surface area contributed by atoms with E-state index in [1.807, 2.05) is 25.1 Å². The molecule has 0 radical (unpaired) electrons. The fourth-order valence-electron chi connectivity index (χ4n) is 2.11. The third-order valence-corrected chi connectivity index (χ3v) is 3.52. The lowest BCUT2D eigenvalue weighted by atomic mass is 10.2. The molecule has 2 heterocycles. The highest BCUT2D eigenvalue weighted by molar-refractivity contribution is 6.32. The lowest BCUT2D eigenvalue weighted by Gasteiger charge is -2.08. The maximum absolute atomic E-state index is 12.0. The highest BCUT2D eigenvalue weighted by Crippen LogP contribution is 2.19. The Morgan fingerprint density at radius 2 is 2.32 bits per heavy atom. The van der Waals surface area contributed by atoms with Gasteiger partial charge in [0, 0.05) is 12.6 Å². The van der Waals surface area contributed by atoms with Gasteiger partial charge < -0.3 is 9.57 Å². The molecule has 1 atom stereocenters. The van der Waals surface area contributed by atoms with Crippen molar-refractivity contribution < 1.29 is 14.4 Å². The maximum Gasteiger partial charge on any atom is 0.341 e. The Kier molecular flexibility index (Phi) is 4.11. The van der Waals surface area contributed by atoms with E-state index in [4.69, 9.17) is 21.2 Å². The standard InChI is InChI=1S/C15H14ClN3O3/c1-10-6-12(22-18-10)9-21-15(20)11-7-17-19(8-11)14-5-3-2-4-13(14)16/h2-5,7-8,12H,6,9H2,1H3. The Hall–Kier alpha value is -2.34. The van der Waals surface area contributed by atoms with E-state index in [1.165, 1.54) is 10.9 Å². The Labute approximate surface area is 132 Å². The molecule has 0 bridgehead atoms. The predicted octanol–water partition coefficient (Wildman–Crippen LogP) is 2.85. The Morgan fingerprint density at radius 3 is 3.05 bits per heavy atom. The van der Waals surface area contributed by atoms with E-state index in [0.717, 1.165) is 5.71 Å². The number of ether oxygens (including phenoxy) is 1. The summed E-state index contributed by atoms with van der Waals surface area (Å²) in [6.45, 7) is 2.03. The molecule has 22 heavy (non-hydrogen) atoms. The van der Waals surface area contributed by atoms with E-state index in [0.29, 0.717) is 22.7 Å². The van der Waals surface area contributed by atoms with E-state index in [2.05, 4.69) is 10.3 Å². The third kappa shape index (κ3) is 3.12. The number of aromatic nitrogens is 2. The van der Waals surface area contributed by atoms with Crippen molar-refractivity contribution in [2.75, 3.05) is 6.61 Å². The molecule has 0 saturated carbocycles. The van der Waals surface area contributed by atoms with E-state index in [9.17, 15) is 4.79 Å². The summed E-state index contributed by atoms with van der Waals surface area (Å²) in [7, 11) is 0. The van der Waals surface area contributed by atoms with E-state index < -0.39 is 5.97 Å². The van der Waals surface area contributed by atoms with Crippen LogP contribution in [0.2, 0.25) is 5.02 Å². The van der Waals surface area contributed by atoms with Crippen LogP contribution in [0.25, 0.3) is 5.69 Å². The predicted molar refractivity (Wildman–Crippen MR) is 81.5 cm³/mol. The van der Waals surface area contributed by atoms with Crippen LogP contribution in [0.1, 0.15) is 23.7 Å². The zero-order valence-electron chi connectivity index (χ0n) is 11.9. The van der Waals surface area contributed by atoms with Gasteiger partial charge in [0.2, 0.25) is 0 Å². The summed E-state index contributed by atoms with van der Waals surface area (Å²) in [6, 6.07) is 7.25. The first kappa shape index (κ1) is 14.6. The average Bonchev–Trinajstić information content (AvgIpc) is 3.14. The first-order chi connectivity index (χ1) is 10.6. The second-order valence-electron chi connectivity index (χ2n) is 4.98. The molecule has 0 spiro atoms. The van der Waals surface area contributed by atoms with Crippen molar-refractivity contribution in [1.82, 2.24) is 9.78 Å². The lowest BCUT2D eigenvalue weighted by molar-refractivity contribution is 0.00686. The number of esters is 1. The molecule has 1 aromatic heterocycles. The van der Waals surface area contributed by atoms with Crippen LogP contribution in [-0.2, 0) is 9.57 Å². The topological polar surface area (TPSA) is 65.7 Å². The maximum atomic E-state index is 12.0. The zero-order valence-corrected chi connectivity index (χ0v) is 12.7. The molecule has 3 rings (SSSR count). The monoisotopic (exact) mass is 319 g/mol. The summed E-state index contributed by atoms with van der Waals surface area (Å²) in [5.41, 5.74) is 1.95. The van der Waals surface area contributed by atoms with Crippen molar-refractivity contribution in [3.05, 3.63) is 47.2 Å². The fraction of sp³-hybridized carbons (Fsp3) is 0.267. The van der Waals surface area contributed by atoms with Gasteiger partial charge in [0.1, 0.15) is 6.61 Å². The summed E-state index contributed by atoms with van der Waals surface area (Å²) in [5, 5.41) is 8.51. The smallest absolute Gasteiger partial charge is 0.341 e. The molecule has 7 heteroatoms. The Bertz CT molecular complexity index is 726. The van der Waals surface area contributed by atoms with Gasteiger partial charge in [0.05, 0.1) is 28.2 Å². The summed E-state index contributed by atoms with van der Waals surface area (Å²) in [4.78, 5) is 17.1. The van der Waals surface area contributed by atoms with Crippen molar-refractivity contribution in [1.29, 1.82) is 0 Å². The molecule has 1 aliphatic rings. The minimum Gasteiger partial charge on any atom is -0.458 e. The normalized spacial score (nSPS) is 17.0. The van der Waals surface area contributed by atoms with Gasteiger partial charge in [0.25, 0.3) is 0 Å². The molecule has 0 N–H and O–H groups in total. The van der Waals surface area contributed by atoms with Crippen LogP contribution in [0.15, 0.2) is 41.8 Å². The van der Waals surface area contributed by atoms with Crippen molar-refractivity contribution in [2.24, 2.45) is 5.16 Å². The molecule has 114 valence electrons.